The Morgan fingerprint density at radius 3 is 2.33 bits per heavy atom. The van der Waals surface area contributed by atoms with Gasteiger partial charge < -0.3 is 0 Å². The highest BCUT2D eigenvalue weighted by atomic mass is 127. The quantitative estimate of drug-likeness (QED) is 0.418. The first kappa shape index (κ1) is 13.5. The van der Waals surface area contributed by atoms with Crippen molar-refractivity contribution < 1.29 is 4.79 Å². The summed E-state index contributed by atoms with van der Waals surface area (Å²) in [6, 6.07) is 0. The van der Waals surface area contributed by atoms with Crippen LogP contribution in [0, 0.1) is 5.92 Å². The van der Waals surface area contributed by atoms with E-state index in [0.29, 0.717) is 9.71 Å². The minimum absolute atomic E-state index is 0.143. The van der Waals surface area contributed by atoms with Crippen LogP contribution in [0.2, 0.25) is 0 Å². The van der Waals surface area contributed by atoms with Crippen LogP contribution in [0.3, 0.4) is 0 Å². The number of carbonyl (C=O) groups excluding carboxylic acids is 1. The molecule has 0 saturated heterocycles. The molecule has 0 aromatic heterocycles. The molecule has 72 valence electrons. The predicted molar refractivity (Wildman–Crippen MR) is 73.9 cm³/mol. The molecule has 0 heterocycles. The summed E-state index contributed by atoms with van der Waals surface area (Å²) in [6.07, 6.45) is 0.930. The number of hydrogen-bond donors (Lipinski definition) is 1. The van der Waals surface area contributed by atoms with E-state index in [9.17, 15) is 4.79 Å². The topological polar surface area (TPSA) is 17.1 Å². The molecule has 4 heteroatoms. The second-order valence-corrected chi connectivity index (χ2v) is 6.23. The molecule has 0 aliphatic carbocycles. The van der Waals surface area contributed by atoms with Gasteiger partial charge >= 0.3 is 0 Å². The van der Waals surface area contributed by atoms with E-state index in [0.717, 1.165) is 12.2 Å². The van der Waals surface area contributed by atoms with Crippen molar-refractivity contribution in [3.8, 4) is 0 Å². The number of thiol groups is 1. The predicted octanol–water partition coefficient (Wildman–Crippen LogP) is 3.14. The molecule has 0 radical (unpaired) electrons. The van der Waals surface area contributed by atoms with Crippen molar-refractivity contribution in [2.24, 2.45) is 5.92 Å². The van der Waals surface area contributed by atoms with Crippen molar-refractivity contribution >= 4 is 63.6 Å². The third-order valence-electron chi connectivity index (χ3n) is 1.83. The SMILES string of the molecule is CCC(I)C(=O)C(C)C(I)CS. The molecular weight excluding hydrogens is 398 g/mol. The summed E-state index contributed by atoms with van der Waals surface area (Å²) < 4.78 is 0.539. The van der Waals surface area contributed by atoms with Crippen LogP contribution in [0.25, 0.3) is 0 Å². The lowest BCUT2D eigenvalue weighted by molar-refractivity contribution is -0.121. The average molecular weight is 412 g/mol. The zero-order chi connectivity index (χ0) is 9.72. The molecular formula is C8H14I2OS. The first-order chi connectivity index (χ1) is 5.54. The van der Waals surface area contributed by atoms with Gasteiger partial charge in [-0.15, -0.1) is 0 Å². The molecule has 0 N–H and O–H groups in total. The highest BCUT2D eigenvalue weighted by Gasteiger charge is 2.24. The molecule has 0 aliphatic rings. The Hall–Kier alpha value is 1.48. The van der Waals surface area contributed by atoms with Gasteiger partial charge in [0.1, 0.15) is 5.78 Å². The smallest absolute Gasteiger partial charge is 0.149 e. The van der Waals surface area contributed by atoms with E-state index in [-0.39, 0.29) is 9.84 Å². The Bertz CT molecular complexity index is 152. The third-order valence-corrected chi connectivity index (χ3v) is 5.94. The Balaban J connectivity index is 4.09. The van der Waals surface area contributed by atoms with Gasteiger partial charge in [-0.25, -0.2) is 0 Å². The first-order valence-electron chi connectivity index (χ1n) is 3.97. The van der Waals surface area contributed by atoms with Crippen LogP contribution in [0.15, 0.2) is 0 Å². The molecule has 3 atom stereocenters. The normalized spacial score (nSPS) is 18.4. The van der Waals surface area contributed by atoms with Gasteiger partial charge in [0.15, 0.2) is 0 Å². The molecule has 0 bridgehead atoms. The largest absolute Gasteiger partial charge is 0.298 e. The number of alkyl halides is 2. The number of ketones is 1. The van der Waals surface area contributed by atoms with E-state index in [2.05, 4.69) is 57.8 Å². The van der Waals surface area contributed by atoms with Crippen molar-refractivity contribution in [3.63, 3.8) is 0 Å². The van der Waals surface area contributed by atoms with E-state index < -0.39 is 0 Å². The zero-order valence-corrected chi connectivity index (χ0v) is 12.5. The summed E-state index contributed by atoms with van der Waals surface area (Å²) in [5, 5.41) is 0. The fourth-order valence-electron chi connectivity index (χ4n) is 0.823. The minimum Gasteiger partial charge on any atom is -0.298 e. The van der Waals surface area contributed by atoms with Crippen LogP contribution in [-0.4, -0.2) is 19.4 Å². The number of hydrogen-bond acceptors (Lipinski definition) is 2. The van der Waals surface area contributed by atoms with Crippen LogP contribution in [0.1, 0.15) is 20.3 Å². The monoisotopic (exact) mass is 412 g/mol. The average Bonchev–Trinajstić information content (AvgIpc) is 2.12. The van der Waals surface area contributed by atoms with Crippen LogP contribution < -0.4 is 0 Å². The van der Waals surface area contributed by atoms with Crippen molar-refractivity contribution in [2.45, 2.75) is 28.1 Å². The highest BCUT2D eigenvalue weighted by molar-refractivity contribution is 14.1. The van der Waals surface area contributed by atoms with E-state index in [1.807, 2.05) is 13.8 Å². The van der Waals surface area contributed by atoms with Crippen LogP contribution in [0.5, 0.6) is 0 Å². The molecule has 0 aliphatic heterocycles. The van der Waals surface area contributed by atoms with Gasteiger partial charge in [-0.05, 0) is 6.42 Å². The molecule has 0 aromatic rings. The summed E-state index contributed by atoms with van der Waals surface area (Å²) in [6.45, 7) is 4.04. The summed E-state index contributed by atoms with van der Waals surface area (Å²) in [5.74, 6) is 1.29. The molecule has 0 rings (SSSR count). The summed E-state index contributed by atoms with van der Waals surface area (Å²) in [4.78, 5) is 11.6. The van der Waals surface area contributed by atoms with Gasteiger partial charge in [0.2, 0.25) is 0 Å². The summed E-state index contributed by atoms with van der Waals surface area (Å²) in [7, 11) is 0. The Morgan fingerprint density at radius 1 is 1.50 bits per heavy atom. The van der Waals surface area contributed by atoms with Crippen molar-refractivity contribution in [2.75, 3.05) is 5.75 Å². The molecule has 3 unspecified atom stereocenters. The second-order valence-electron chi connectivity index (χ2n) is 2.77. The van der Waals surface area contributed by atoms with Gasteiger partial charge in [0, 0.05) is 15.6 Å². The molecule has 0 saturated carbocycles. The van der Waals surface area contributed by atoms with E-state index in [1.54, 1.807) is 0 Å². The van der Waals surface area contributed by atoms with Gasteiger partial charge in [-0.1, -0.05) is 59.0 Å². The number of rotatable bonds is 5. The van der Waals surface area contributed by atoms with Gasteiger partial charge in [0.05, 0.1) is 3.92 Å². The van der Waals surface area contributed by atoms with Crippen LogP contribution >= 0.6 is 57.8 Å². The highest BCUT2D eigenvalue weighted by Crippen LogP contribution is 2.21. The second kappa shape index (κ2) is 6.86. The number of halogens is 2. The molecule has 0 fully saturated rings. The summed E-state index contributed by atoms with van der Waals surface area (Å²) in [5.41, 5.74) is 0. The first-order valence-corrected chi connectivity index (χ1v) is 7.09. The summed E-state index contributed by atoms with van der Waals surface area (Å²) >= 11 is 8.70. The molecule has 0 spiro atoms. The molecule has 1 nitrogen and oxygen atoms in total. The van der Waals surface area contributed by atoms with Crippen molar-refractivity contribution in [1.29, 1.82) is 0 Å². The van der Waals surface area contributed by atoms with Gasteiger partial charge in [-0.3, -0.25) is 4.79 Å². The fraction of sp³-hybridized carbons (Fsp3) is 0.875. The third kappa shape index (κ3) is 4.13. The van der Waals surface area contributed by atoms with Crippen molar-refractivity contribution in [3.05, 3.63) is 0 Å². The lowest BCUT2D eigenvalue weighted by atomic mass is 10.0. The molecule has 0 aromatic carbocycles. The van der Waals surface area contributed by atoms with Gasteiger partial charge in [-0.2, -0.15) is 12.6 Å². The maximum atomic E-state index is 11.6. The van der Waals surface area contributed by atoms with E-state index in [1.165, 1.54) is 0 Å². The Kier molecular flexibility index (Phi) is 7.71. The fourth-order valence-corrected chi connectivity index (χ4v) is 2.06. The lowest BCUT2D eigenvalue weighted by Gasteiger charge is -2.17. The lowest BCUT2D eigenvalue weighted by Crippen LogP contribution is -2.28. The van der Waals surface area contributed by atoms with Crippen LogP contribution in [0.4, 0.5) is 0 Å². The van der Waals surface area contributed by atoms with Crippen molar-refractivity contribution in [1.82, 2.24) is 0 Å². The standard InChI is InChI=1S/C8H14I2OS/c1-3-6(9)8(11)5(2)7(10)4-12/h5-7,12H,3-4H2,1-2H3. The molecule has 12 heavy (non-hydrogen) atoms. The maximum Gasteiger partial charge on any atom is 0.149 e. The van der Waals surface area contributed by atoms with Crippen LogP contribution in [-0.2, 0) is 4.79 Å². The number of carbonyl (C=O) groups is 1. The zero-order valence-electron chi connectivity index (χ0n) is 7.26. The molecule has 0 amide bonds. The Labute approximate surface area is 107 Å². The van der Waals surface area contributed by atoms with Gasteiger partial charge in [0.25, 0.3) is 0 Å². The van der Waals surface area contributed by atoms with E-state index >= 15 is 0 Å². The maximum absolute atomic E-state index is 11.6. The minimum atomic E-state index is 0.143. The number of Topliss-reactive ketones (excluding diaryl/α,β-unsaturated/α-hetero) is 1. The Morgan fingerprint density at radius 2 is 2.00 bits per heavy atom. The van der Waals surface area contributed by atoms with E-state index in [4.69, 9.17) is 0 Å².